The van der Waals surface area contributed by atoms with Crippen LogP contribution in [-0.2, 0) is 4.74 Å². The zero-order valence-electron chi connectivity index (χ0n) is 10.7. The van der Waals surface area contributed by atoms with Crippen LogP contribution >= 0.6 is 0 Å². The van der Waals surface area contributed by atoms with Crippen molar-refractivity contribution in [1.82, 2.24) is 5.32 Å². The maximum absolute atomic E-state index is 10.6. The van der Waals surface area contributed by atoms with E-state index >= 15 is 0 Å². The molecule has 0 saturated carbocycles. The molecule has 0 aromatic heterocycles. The van der Waals surface area contributed by atoms with Gasteiger partial charge in [-0.3, -0.25) is 15.4 Å². The van der Waals surface area contributed by atoms with Crippen molar-refractivity contribution in [2.24, 2.45) is 0 Å². The minimum atomic E-state index is -0.399. The summed E-state index contributed by atoms with van der Waals surface area (Å²) in [7, 11) is 0. The van der Waals surface area contributed by atoms with Gasteiger partial charge in [0.05, 0.1) is 11.0 Å². The number of hydrogen-bond acceptors (Lipinski definition) is 4. The van der Waals surface area contributed by atoms with Crippen LogP contribution in [0.25, 0.3) is 0 Å². The number of ether oxygens (including phenoxy) is 1. The third-order valence-corrected chi connectivity index (χ3v) is 3.37. The summed E-state index contributed by atoms with van der Waals surface area (Å²) in [6.07, 6.45) is -0.211. The molecule has 0 aliphatic carbocycles. The maximum atomic E-state index is 10.6. The van der Waals surface area contributed by atoms with Crippen molar-refractivity contribution in [3.8, 4) is 0 Å². The Hall–Kier alpha value is -2.24. The van der Waals surface area contributed by atoms with Crippen LogP contribution in [0.3, 0.4) is 0 Å². The van der Waals surface area contributed by atoms with Crippen molar-refractivity contribution < 1.29 is 9.66 Å². The van der Waals surface area contributed by atoms with Gasteiger partial charge in [-0.15, -0.1) is 0 Å². The van der Waals surface area contributed by atoms with E-state index in [0.717, 1.165) is 11.1 Å². The fraction of sp³-hybridized carbons (Fsp3) is 0.200. The van der Waals surface area contributed by atoms with Crippen molar-refractivity contribution in [3.63, 3.8) is 0 Å². The third kappa shape index (κ3) is 2.54. The first kappa shape index (κ1) is 12.8. The summed E-state index contributed by atoms with van der Waals surface area (Å²) in [5, 5.41) is 13.9. The quantitative estimate of drug-likeness (QED) is 0.688. The summed E-state index contributed by atoms with van der Waals surface area (Å²) in [5.74, 6) is 0. The van der Waals surface area contributed by atoms with Crippen molar-refractivity contribution in [1.29, 1.82) is 0 Å². The van der Waals surface area contributed by atoms with Crippen LogP contribution in [0, 0.1) is 10.1 Å². The van der Waals surface area contributed by atoms with Gasteiger partial charge in [0.15, 0.2) is 0 Å². The summed E-state index contributed by atoms with van der Waals surface area (Å²) in [4.78, 5) is 10.2. The van der Waals surface area contributed by atoms with Crippen LogP contribution in [0.4, 0.5) is 5.69 Å². The Morgan fingerprint density at radius 1 is 1.05 bits per heavy atom. The molecule has 1 aliphatic rings. The molecule has 0 radical (unpaired) electrons. The second-order valence-electron chi connectivity index (χ2n) is 4.67. The van der Waals surface area contributed by atoms with Gasteiger partial charge in [-0.2, -0.15) is 0 Å². The van der Waals surface area contributed by atoms with E-state index in [1.165, 1.54) is 12.1 Å². The van der Waals surface area contributed by atoms with E-state index in [0.29, 0.717) is 6.54 Å². The number of hydrogen-bond donors (Lipinski definition) is 1. The molecule has 20 heavy (non-hydrogen) atoms. The number of non-ortho nitro benzene ring substituents is 1. The lowest BCUT2D eigenvalue weighted by Crippen LogP contribution is -2.13. The van der Waals surface area contributed by atoms with Crippen molar-refractivity contribution in [2.45, 2.75) is 12.3 Å². The van der Waals surface area contributed by atoms with E-state index in [1.807, 2.05) is 30.3 Å². The number of nitrogens with zero attached hydrogens (tertiary/aromatic N) is 1. The third-order valence-electron chi connectivity index (χ3n) is 3.37. The second kappa shape index (κ2) is 5.40. The molecule has 2 atom stereocenters. The molecule has 0 amide bonds. The van der Waals surface area contributed by atoms with Crippen LogP contribution in [0.5, 0.6) is 0 Å². The number of nitro groups is 1. The van der Waals surface area contributed by atoms with Gasteiger partial charge in [-0.25, -0.2) is 0 Å². The zero-order valence-corrected chi connectivity index (χ0v) is 10.7. The minimum Gasteiger partial charge on any atom is -0.350 e. The fourth-order valence-electron chi connectivity index (χ4n) is 2.31. The molecule has 1 aliphatic heterocycles. The highest BCUT2D eigenvalue weighted by Gasteiger charge is 2.27. The Labute approximate surface area is 116 Å². The number of rotatable bonds is 3. The normalized spacial score (nSPS) is 21.8. The van der Waals surface area contributed by atoms with Gasteiger partial charge in [0, 0.05) is 18.7 Å². The van der Waals surface area contributed by atoms with Crippen LogP contribution in [-0.4, -0.2) is 11.5 Å². The first-order valence-corrected chi connectivity index (χ1v) is 6.42. The molecule has 1 N–H and O–H groups in total. The Balaban J connectivity index is 1.72. The molecule has 5 nitrogen and oxygen atoms in total. The Morgan fingerprint density at radius 2 is 1.75 bits per heavy atom. The summed E-state index contributed by atoms with van der Waals surface area (Å²) in [5.41, 5.74) is 2.12. The summed E-state index contributed by atoms with van der Waals surface area (Å²) in [6.45, 7) is 0.692. The van der Waals surface area contributed by atoms with Gasteiger partial charge in [0.25, 0.3) is 5.69 Å². The van der Waals surface area contributed by atoms with Gasteiger partial charge >= 0.3 is 0 Å². The van der Waals surface area contributed by atoms with Gasteiger partial charge in [-0.1, -0.05) is 30.3 Å². The summed E-state index contributed by atoms with van der Waals surface area (Å²) in [6, 6.07) is 16.4. The first-order valence-electron chi connectivity index (χ1n) is 6.42. The highest BCUT2D eigenvalue weighted by Crippen LogP contribution is 2.31. The molecule has 2 aromatic rings. The lowest BCUT2D eigenvalue weighted by Gasteiger charge is -2.13. The van der Waals surface area contributed by atoms with Gasteiger partial charge in [0.1, 0.15) is 6.23 Å². The van der Waals surface area contributed by atoms with Crippen molar-refractivity contribution >= 4 is 5.69 Å². The molecule has 1 saturated heterocycles. The van der Waals surface area contributed by atoms with Crippen LogP contribution in [0.15, 0.2) is 54.6 Å². The van der Waals surface area contributed by atoms with Gasteiger partial charge in [-0.05, 0) is 23.3 Å². The van der Waals surface area contributed by atoms with E-state index in [2.05, 4.69) is 5.32 Å². The molecular formula is C15H14N2O3. The van der Waals surface area contributed by atoms with Crippen LogP contribution in [0.1, 0.15) is 23.5 Å². The zero-order chi connectivity index (χ0) is 13.9. The topological polar surface area (TPSA) is 64.4 Å². The van der Waals surface area contributed by atoms with Crippen LogP contribution in [0.2, 0.25) is 0 Å². The Morgan fingerprint density at radius 3 is 2.40 bits per heavy atom. The summed E-state index contributed by atoms with van der Waals surface area (Å²) >= 11 is 0. The molecule has 102 valence electrons. The molecular weight excluding hydrogens is 256 g/mol. The van der Waals surface area contributed by atoms with Gasteiger partial charge < -0.3 is 4.74 Å². The molecule has 0 spiro atoms. The Kier molecular flexibility index (Phi) is 3.45. The van der Waals surface area contributed by atoms with E-state index < -0.39 is 4.92 Å². The lowest BCUT2D eigenvalue weighted by atomic mass is 10.1. The molecule has 1 heterocycles. The highest BCUT2D eigenvalue weighted by atomic mass is 16.6. The molecule has 1 fully saturated rings. The molecule has 2 aromatic carbocycles. The summed E-state index contributed by atoms with van der Waals surface area (Å²) < 4.78 is 5.95. The average molecular weight is 270 g/mol. The molecule has 0 bridgehead atoms. The van der Waals surface area contributed by atoms with E-state index in [4.69, 9.17) is 4.74 Å². The predicted octanol–water partition coefficient (Wildman–Crippen LogP) is 2.95. The number of nitrogens with one attached hydrogen (secondary N) is 1. The molecule has 5 heteroatoms. The van der Waals surface area contributed by atoms with Gasteiger partial charge in [0.2, 0.25) is 0 Å². The average Bonchev–Trinajstić information content (AvgIpc) is 2.98. The SMILES string of the molecule is O=[N+]([O-])c1ccc([C@@H]2CN[C@H](c3ccccc3)O2)cc1. The number of nitro benzene ring substituents is 1. The van der Waals surface area contributed by atoms with Crippen LogP contribution < -0.4 is 5.32 Å². The smallest absolute Gasteiger partial charge is 0.269 e. The van der Waals surface area contributed by atoms with E-state index in [9.17, 15) is 10.1 Å². The second-order valence-corrected chi connectivity index (χ2v) is 4.67. The van der Waals surface area contributed by atoms with E-state index in [1.54, 1.807) is 12.1 Å². The molecule has 0 unspecified atom stereocenters. The number of benzene rings is 2. The highest BCUT2D eigenvalue weighted by molar-refractivity contribution is 5.34. The Bertz CT molecular complexity index is 598. The van der Waals surface area contributed by atoms with Crippen molar-refractivity contribution in [3.05, 3.63) is 75.8 Å². The van der Waals surface area contributed by atoms with Crippen molar-refractivity contribution in [2.75, 3.05) is 6.54 Å². The standard InChI is InChI=1S/C15H14N2O3/c18-17(19)13-8-6-11(7-9-13)14-10-16-15(20-14)12-4-2-1-3-5-12/h1-9,14-16H,10H2/t14-,15-/m0/s1. The lowest BCUT2D eigenvalue weighted by molar-refractivity contribution is -0.384. The first-order chi connectivity index (χ1) is 9.74. The molecule has 3 rings (SSSR count). The maximum Gasteiger partial charge on any atom is 0.269 e. The monoisotopic (exact) mass is 270 g/mol. The predicted molar refractivity (Wildman–Crippen MR) is 74.1 cm³/mol. The fourth-order valence-corrected chi connectivity index (χ4v) is 2.31. The van der Waals surface area contributed by atoms with E-state index in [-0.39, 0.29) is 18.0 Å². The largest absolute Gasteiger partial charge is 0.350 e. The minimum absolute atomic E-state index is 0.0824.